The molecule has 0 aliphatic carbocycles. The van der Waals surface area contributed by atoms with Gasteiger partial charge in [-0.2, -0.15) is 0 Å². The van der Waals surface area contributed by atoms with Crippen molar-refractivity contribution in [2.75, 3.05) is 0 Å². The minimum Gasteiger partial charge on any atom is -0.331 e. The van der Waals surface area contributed by atoms with Crippen LogP contribution in [0.5, 0.6) is 0 Å². The smallest absolute Gasteiger partial charge is 0.329 e. The van der Waals surface area contributed by atoms with Gasteiger partial charge < -0.3 is 4.98 Å². The number of nitrogens with one attached hydrogen (secondary N) is 2. The van der Waals surface area contributed by atoms with Crippen LogP contribution in [0.3, 0.4) is 0 Å². The summed E-state index contributed by atoms with van der Waals surface area (Å²) in [5.74, 6) is 0.439. The Morgan fingerprint density at radius 3 is 2.74 bits per heavy atom. The van der Waals surface area contributed by atoms with E-state index >= 15 is 0 Å². The van der Waals surface area contributed by atoms with E-state index in [1.807, 2.05) is 6.07 Å². The third kappa shape index (κ3) is 1.89. The van der Waals surface area contributed by atoms with Crippen LogP contribution in [0, 0.1) is 0 Å². The average molecular weight is 322 g/mol. The second kappa shape index (κ2) is 4.16. The lowest BCUT2D eigenvalue weighted by Gasteiger charge is -1.95. The fourth-order valence-corrected chi connectivity index (χ4v) is 1.98. The Bertz CT molecular complexity index is 875. The molecular weight excluding hydrogens is 314 g/mol. The highest BCUT2D eigenvalue weighted by Crippen LogP contribution is 2.17. The van der Waals surface area contributed by atoms with Crippen LogP contribution in [0.1, 0.15) is 0 Å². The minimum atomic E-state index is -0.501. The molecule has 3 heterocycles. The summed E-state index contributed by atoms with van der Waals surface area (Å²) in [5.41, 5.74) is 0.148. The second-order valence-corrected chi connectivity index (χ2v) is 4.88. The molecule has 0 unspecified atom stereocenters. The van der Waals surface area contributed by atoms with Crippen LogP contribution in [0.4, 0.5) is 0 Å². The summed E-state index contributed by atoms with van der Waals surface area (Å²) in [4.78, 5) is 36.7. The number of H-pyrrole nitrogens is 2. The van der Waals surface area contributed by atoms with Crippen molar-refractivity contribution in [1.82, 2.24) is 24.5 Å². The molecule has 0 bridgehead atoms. The summed E-state index contributed by atoms with van der Waals surface area (Å²) in [6.07, 6.45) is 1.63. The van der Waals surface area contributed by atoms with Gasteiger partial charge in [0, 0.05) is 17.7 Å². The van der Waals surface area contributed by atoms with Crippen LogP contribution in [-0.2, 0) is 7.05 Å². The van der Waals surface area contributed by atoms with E-state index in [9.17, 15) is 9.59 Å². The van der Waals surface area contributed by atoms with E-state index in [0.717, 1.165) is 4.47 Å². The van der Waals surface area contributed by atoms with Gasteiger partial charge in [0.25, 0.3) is 5.56 Å². The van der Waals surface area contributed by atoms with Crippen LogP contribution >= 0.6 is 15.9 Å². The molecule has 19 heavy (non-hydrogen) atoms. The van der Waals surface area contributed by atoms with Crippen LogP contribution < -0.4 is 11.2 Å². The third-order valence-corrected chi connectivity index (χ3v) is 3.19. The Labute approximate surface area is 114 Å². The third-order valence-electron chi connectivity index (χ3n) is 2.72. The topological polar surface area (TPSA) is 96.4 Å². The number of aromatic amines is 2. The number of imidazole rings is 1. The average Bonchev–Trinajstić information content (AvgIpc) is 2.83. The zero-order valence-electron chi connectivity index (χ0n) is 9.77. The fourth-order valence-electron chi connectivity index (χ4n) is 1.74. The molecule has 0 saturated heterocycles. The minimum absolute atomic E-state index is 0.252. The largest absolute Gasteiger partial charge is 0.331 e. The van der Waals surface area contributed by atoms with Crippen molar-refractivity contribution >= 4 is 27.1 Å². The zero-order valence-corrected chi connectivity index (χ0v) is 11.4. The molecule has 0 atom stereocenters. The lowest BCUT2D eigenvalue weighted by molar-refractivity contribution is 0.832. The van der Waals surface area contributed by atoms with Crippen molar-refractivity contribution in [1.29, 1.82) is 0 Å². The Morgan fingerprint density at radius 1 is 1.26 bits per heavy atom. The molecule has 0 aromatic carbocycles. The van der Waals surface area contributed by atoms with Crippen LogP contribution in [0.25, 0.3) is 22.7 Å². The molecule has 0 aliphatic heterocycles. The monoisotopic (exact) mass is 321 g/mol. The maximum atomic E-state index is 11.7. The maximum absolute atomic E-state index is 11.7. The van der Waals surface area contributed by atoms with Crippen LogP contribution in [0.2, 0.25) is 0 Å². The van der Waals surface area contributed by atoms with Crippen molar-refractivity contribution in [2.45, 2.75) is 0 Å². The Balaban J connectivity index is 2.30. The predicted octanol–water partition coefficient (Wildman–Crippen LogP) is 0.774. The molecule has 3 aromatic heterocycles. The normalized spacial score (nSPS) is 11.1. The van der Waals surface area contributed by atoms with Gasteiger partial charge in [-0.05, 0) is 28.1 Å². The molecular formula is C11H8BrN5O2. The van der Waals surface area contributed by atoms with Crippen molar-refractivity contribution in [3.8, 4) is 11.5 Å². The van der Waals surface area contributed by atoms with E-state index in [-0.39, 0.29) is 5.52 Å². The van der Waals surface area contributed by atoms with E-state index in [1.165, 1.54) is 4.57 Å². The molecule has 2 N–H and O–H groups in total. The number of rotatable bonds is 1. The zero-order chi connectivity index (χ0) is 13.6. The fraction of sp³-hybridized carbons (Fsp3) is 0.0909. The summed E-state index contributed by atoms with van der Waals surface area (Å²) in [6.45, 7) is 0. The van der Waals surface area contributed by atoms with Crippen LogP contribution in [0.15, 0.2) is 32.4 Å². The summed E-state index contributed by atoms with van der Waals surface area (Å²) in [5, 5.41) is 0. The molecule has 0 fully saturated rings. The first kappa shape index (κ1) is 11.8. The number of halogens is 1. The van der Waals surface area contributed by atoms with E-state index in [1.54, 1.807) is 19.3 Å². The van der Waals surface area contributed by atoms with Gasteiger partial charge in [0.05, 0.1) is 0 Å². The van der Waals surface area contributed by atoms with Gasteiger partial charge in [-0.3, -0.25) is 19.3 Å². The molecule has 0 spiro atoms. The summed E-state index contributed by atoms with van der Waals surface area (Å²) in [7, 11) is 1.54. The molecule has 96 valence electrons. The molecule has 3 aromatic rings. The van der Waals surface area contributed by atoms with E-state index in [4.69, 9.17) is 0 Å². The second-order valence-electron chi connectivity index (χ2n) is 3.96. The van der Waals surface area contributed by atoms with Crippen molar-refractivity contribution in [3.63, 3.8) is 0 Å². The molecule has 0 amide bonds. The Kier molecular flexibility index (Phi) is 2.59. The molecule has 8 heteroatoms. The Morgan fingerprint density at radius 2 is 2.05 bits per heavy atom. The number of fused-ring (bicyclic) bond motifs is 1. The summed E-state index contributed by atoms with van der Waals surface area (Å²) >= 11 is 3.29. The van der Waals surface area contributed by atoms with E-state index in [2.05, 4.69) is 35.9 Å². The first-order chi connectivity index (χ1) is 9.06. The van der Waals surface area contributed by atoms with Gasteiger partial charge in [0.1, 0.15) is 11.2 Å². The highest BCUT2D eigenvalue weighted by atomic mass is 79.9. The number of nitrogens with zero attached hydrogens (tertiary/aromatic N) is 3. The lowest BCUT2D eigenvalue weighted by Crippen LogP contribution is -2.28. The molecule has 7 nitrogen and oxygen atoms in total. The predicted molar refractivity (Wildman–Crippen MR) is 72.9 cm³/mol. The number of aromatic nitrogens is 5. The molecule has 3 rings (SSSR count). The first-order valence-corrected chi connectivity index (χ1v) is 6.16. The van der Waals surface area contributed by atoms with Gasteiger partial charge in [-0.1, -0.05) is 0 Å². The van der Waals surface area contributed by atoms with E-state index in [0.29, 0.717) is 17.2 Å². The van der Waals surface area contributed by atoms with Gasteiger partial charge >= 0.3 is 5.69 Å². The van der Waals surface area contributed by atoms with Gasteiger partial charge in [-0.15, -0.1) is 0 Å². The quantitative estimate of drug-likeness (QED) is 0.692. The molecule has 0 radical (unpaired) electrons. The molecule has 0 aliphatic rings. The number of hydrogen-bond acceptors (Lipinski definition) is 4. The van der Waals surface area contributed by atoms with E-state index < -0.39 is 11.2 Å². The number of aryl methyl sites for hydroxylation is 1. The number of pyridine rings is 1. The maximum Gasteiger partial charge on any atom is 0.329 e. The van der Waals surface area contributed by atoms with Crippen molar-refractivity contribution in [3.05, 3.63) is 43.6 Å². The number of hydrogen-bond donors (Lipinski definition) is 2. The van der Waals surface area contributed by atoms with Crippen molar-refractivity contribution in [2.24, 2.45) is 7.05 Å². The SMILES string of the molecule is Cn1c(=O)[nH]c(=O)c2[nH]c(-c3ccc(Br)cn3)nc21. The lowest BCUT2D eigenvalue weighted by atomic mass is 10.3. The first-order valence-electron chi connectivity index (χ1n) is 5.37. The highest BCUT2D eigenvalue weighted by Gasteiger charge is 2.12. The van der Waals surface area contributed by atoms with Gasteiger partial charge in [-0.25, -0.2) is 9.78 Å². The van der Waals surface area contributed by atoms with Gasteiger partial charge in [0.2, 0.25) is 0 Å². The standard InChI is InChI=1S/C11H8BrN5O2/c1-17-9-7(10(18)16-11(17)19)14-8(15-9)6-3-2-5(12)4-13-6/h2-4H,1H3,(H,14,15)(H,16,18,19). The van der Waals surface area contributed by atoms with Gasteiger partial charge in [0.15, 0.2) is 11.5 Å². The summed E-state index contributed by atoms with van der Waals surface area (Å²) < 4.78 is 2.12. The Hall–Kier alpha value is -2.22. The van der Waals surface area contributed by atoms with Crippen LogP contribution in [-0.4, -0.2) is 24.5 Å². The molecule has 0 saturated carbocycles. The summed E-state index contributed by atoms with van der Waals surface area (Å²) in [6, 6.07) is 3.58. The van der Waals surface area contributed by atoms with Crippen molar-refractivity contribution < 1.29 is 0 Å². The highest BCUT2D eigenvalue weighted by molar-refractivity contribution is 9.10.